The summed E-state index contributed by atoms with van der Waals surface area (Å²) in [6, 6.07) is 20.7. The number of aromatic nitrogens is 2. The second-order valence-corrected chi connectivity index (χ2v) is 9.44. The summed E-state index contributed by atoms with van der Waals surface area (Å²) in [6.45, 7) is 1.04. The average Bonchev–Trinajstić information content (AvgIpc) is 3.32. The third kappa shape index (κ3) is 4.80. The van der Waals surface area contributed by atoms with E-state index in [1.54, 1.807) is 6.20 Å². The Balaban J connectivity index is 1.35. The van der Waals surface area contributed by atoms with E-state index >= 15 is 0 Å². The molecule has 5 rings (SSSR count). The highest BCUT2D eigenvalue weighted by atomic mass is 35.5. The van der Waals surface area contributed by atoms with Crippen LogP contribution in [0, 0.1) is 5.92 Å². The predicted molar refractivity (Wildman–Crippen MR) is 137 cm³/mol. The first-order chi connectivity index (χ1) is 17.0. The van der Waals surface area contributed by atoms with E-state index in [2.05, 4.69) is 10.3 Å². The van der Waals surface area contributed by atoms with Gasteiger partial charge in [0.25, 0.3) is 5.91 Å². The molecule has 2 heterocycles. The highest BCUT2D eigenvalue weighted by Gasteiger charge is 2.31. The standard InChI is InChI=1S/C28H27ClN4O2/c1-32-17-15-30-26(32)25(20-11-13-22(29)14-12-20)31-27(34)21-8-5-16-33(18-21)28(35)24-10-4-7-19-6-2-3-9-23(19)24/h2-4,6-7,9-15,17,21,25H,5,8,16,18H2,1H3,(H,31,34). The Morgan fingerprint density at radius 3 is 2.60 bits per heavy atom. The summed E-state index contributed by atoms with van der Waals surface area (Å²) in [5.41, 5.74) is 1.58. The first-order valence-electron chi connectivity index (χ1n) is 11.8. The minimum atomic E-state index is -0.413. The van der Waals surface area contributed by atoms with Gasteiger partial charge in [-0.1, -0.05) is 60.1 Å². The van der Waals surface area contributed by atoms with E-state index in [9.17, 15) is 9.59 Å². The van der Waals surface area contributed by atoms with Gasteiger partial charge in [0, 0.05) is 43.1 Å². The molecule has 0 radical (unpaired) electrons. The van der Waals surface area contributed by atoms with E-state index in [4.69, 9.17) is 11.6 Å². The first kappa shape index (κ1) is 23.1. The van der Waals surface area contributed by atoms with Crippen molar-refractivity contribution >= 4 is 34.2 Å². The van der Waals surface area contributed by atoms with E-state index in [0.29, 0.717) is 23.7 Å². The van der Waals surface area contributed by atoms with Gasteiger partial charge in [0.1, 0.15) is 11.9 Å². The van der Waals surface area contributed by atoms with Gasteiger partial charge in [0.15, 0.2) is 0 Å². The Labute approximate surface area is 209 Å². The Hall–Kier alpha value is -3.64. The number of hydrogen-bond donors (Lipinski definition) is 1. The highest BCUT2D eigenvalue weighted by molar-refractivity contribution is 6.30. The lowest BCUT2D eigenvalue weighted by Gasteiger charge is -2.33. The van der Waals surface area contributed by atoms with Gasteiger partial charge in [-0.05, 0) is 47.4 Å². The van der Waals surface area contributed by atoms with Crippen LogP contribution in [0.25, 0.3) is 10.8 Å². The number of carbonyl (C=O) groups is 2. The number of rotatable bonds is 5. The maximum absolute atomic E-state index is 13.5. The molecule has 1 aliphatic heterocycles. The number of hydrogen-bond acceptors (Lipinski definition) is 3. The van der Waals surface area contributed by atoms with Crippen LogP contribution in [-0.2, 0) is 11.8 Å². The summed E-state index contributed by atoms with van der Waals surface area (Å²) in [7, 11) is 1.91. The first-order valence-corrected chi connectivity index (χ1v) is 12.2. The fraction of sp³-hybridized carbons (Fsp3) is 0.250. The number of likely N-dealkylation sites (tertiary alicyclic amines) is 1. The minimum absolute atomic E-state index is 0.0300. The minimum Gasteiger partial charge on any atom is -0.342 e. The molecule has 4 aromatic rings. The van der Waals surface area contributed by atoms with E-state index in [0.717, 1.165) is 35.0 Å². The van der Waals surface area contributed by atoms with Crippen molar-refractivity contribution in [1.29, 1.82) is 0 Å². The molecule has 2 amide bonds. The van der Waals surface area contributed by atoms with Crippen LogP contribution in [0.15, 0.2) is 79.1 Å². The Morgan fingerprint density at radius 1 is 1.06 bits per heavy atom. The molecule has 2 atom stereocenters. The lowest BCUT2D eigenvalue weighted by molar-refractivity contribution is -0.126. The molecular formula is C28H27ClN4O2. The number of imidazole rings is 1. The van der Waals surface area contributed by atoms with Crippen LogP contribution < -0.4 is 5.32 Å². The van der Waals surface area contributed by atoms with Gasteiger partial charge in [-0.25, -0.2) is 4.98 Å². The number of nitrogens with zero attached hydrogens (tertiary/aromatic N) is 3. The fourth-order valence-corrected chi connectivity index (χ4v) is 4.95. The van der Waals surface area contributed by atoms with Crippen molar-refractivity contribution in [1.82, 2.24) is 19.8 Å². The number of carbonyl (C=O) groups excluding carboxylic acids is 2. The second kappa shape index (κ2) is 9.92. The lowest BCUT2D eigenvalue weighted by Crippen LogP contribution is -2.46. The molecule has 0 aliphatic carbocycles. The Kier molecular flexibility index (Phi) is 6.55. The van der Waals surface area contributed by atoms with Gasteiger partial charge in [-0.3, -0.25) is 9.59 Å². The second-order valence-electron chi connectivity index (χ2n) is 9.01. The number of piperidine rings is 1. The zero-order valence-corrected chi connectivity index (χ0v) is 20.3. The van der Waals surface area contributed by atoms with Crippen molar-refractivity contribution in [3.05, 3.63) is 101 Å². The summed E-state index contributed by atoms with van der Waals surface area (Å²) in [6.07, 6.45) is 5.09. The van der Waals surface area contributed by atoms with Crippen LogP contribution in [0.2, 0.25) is 5.02 Å². The number of halogens is 1. The number of amides is 2. The number of nitrogens with one attached hydrogen (secondary N) is 1. The van der Waals surface area contributed by atoms with Gasteiger partial charge >= 0.3 is 0 Å². The topological polar surface area (TPSA) is 67.2 Å². The summed E-state index contributed by atoms with van der Waals surface area (Å²) >= 11 is 6.09. The molecule has 178 valence electrons. The van der Waals surface area contributed by atoms with Gasteiger partial charge < -0.3 is 14.8 Å². The lowest BCUT2D eigenvalue weighted by atomic mass is 9.94. The molecule has 7 heteroatoms. The summed E-state index contributed by atoms with van der Waals surface area (Å²) < 4.78 is 1.90. The van der Waals surface area contributed by atoms with E-state index in [-0.39, 0.29) is 17.7 Å². The monoisotopic (exact) mass is 486 g/mol. The van der Waals surface area contributed by atoms with Crippen LogP contribution in [0.5, 0.6) is 0 Å². The normalized spacial score (nSPS) is 16.7. The molecule has 1 fully saturated rings. The Bertz CT molecular complexity index is 1360. The molecule has 2 unspecified atom stereocenters. The van der Waals surface area contributed by atoms with Crippen molar-refractivity contribution in [2.24, 2.45) is 13.0 Å². The van der Waals surface area contributed by atoms with Gasteiger partial charge in [0.05, 0.1) is 5.92 Å². The quantitative estimate of drug-likeness (QED) is 0.432. The van der Waals surface area contributed by atoms with Crippen molar-refractivity contribution in [3.8, 4) is 0 Å². The van der Waals surface area contributed by atoms with Crippen LogP contribution in [-0.4, -0.2) is 39.4 Å². The van der Waals surface area contributed by atoms with E-state index in [1.807, 2.05) is 89.4 Å². The highest BCUT2D eigenvalue weighted by Crippen LogP contribution is 2.26. The SMILES string of the molecule is Cn1ccnc1C(NC(=O)C1CCCN(C(=O)c2cccc3ccccc23)C1)c1ccc(Cl)cc1. The van der Waals surface area contributed by atoms with Crippen molar-refractivity contribution in [2.45, 2.75) is 18.9 Å². The maximum Gasteiger partial charge on any atom is 0.254 e. The fourth-order valence-electron chi connectivity index (χ4n) is 4.83. The molecule has 3 aromatic carbocycles. The van der Waals surface area contributed by atoms with Crippen molar-refractivity contribution < 1.29 is 9.59 Å². The maximum atomic E-state index is 13.5. The third-order valence-electron chi connectivity index (χ3n) is 6.71. The van der Waals surface area contributed by atoms with Gasteiger partial charge in [0.2, 0.25) is 5.91 Å². The molecule has 1 saturated heterocycles. The smallest absolute Gasteiger partial charge is 0.254 e. The average molecular weight is 487 g/mol. The zero-order valence-electron chi connectivity index (χ0n) is 19.5. The zero-order chi connectivity index (χ0) is 24.4. The number of aryl methyl sites for hydroxylation is 1. The molecule has 1 aromatic heterocycles. The summed E-state index contributed by atoms with van der Waals surface area (Å²) in [5, 5.41) is 5.79. The van der Waals surface area contributed by atoms with Gasteiger partial charge in [-0.2, -0.15) is 0 Å². The molecule has 1 aliphatic rings. The van der Waals surface area contributed by atoms with Gasteiger partial charge in [-0.15, -0.1) is 0 Å². The summed E-state index contributed by atoms with van der Waals surface area (Å²) in [4.78, 5) is 33.2. The van der Waals surface area contributed by atoms with Crippen molar-refractivity contribution in [2.75, 3.05) is 13.1 Å². The van der Waals surface area contributed by atoms with E-state index < -0.39 is 6.04 Å². The molecule has 1 N–H and O–H groups in total. The molecule has 0 spiro atoms. The number of fused-ring (bicyclic) bond motifs is 1. The number of benzene rings is 3. The molecule has 0 saturated carbocycles. The summed E-state index contributed by atoms with van der Waals surface area (Å²) in [5.74, 6) is 0.332. The molecular weight excluding hydrogens is 460 g/mol. The Morgan fingerprint density at radius 2 is 1.83 bits per heavy atom. The van der Waals surface area contributed by atoms with Crippen LogP contribution in [0.3, 0.4) is 0 Å². The molecule has 35 heavy (non-hydrogen) atoms. The van der Waals surface area contributed by atoms with Crippen LogP contribution in [0.1, 0.15) is 40.6 Å². The van der Waals surface area contributed by atoms with Crippen LogP contribution in [0.4, 0.5) is 0 Å². The van der Waals surface area contributed by atoms with Crippen molar-refractivity contribution in [3.63, 3.8) is 0 Å². The predicted octanol–water partition coefficient (Wildman–Crippen LogP) is 4.98. The van der Waals surface area contributed by atoms with Crippen LogP contribution >= 0.6 is 11.6 Å². The largest absolute Gasteiger partial charge is 0.342 e. The van der Waals surface area contributed by atoms with E-state index in [1.165, 1.54) is 0 Å². The molecule has 0 bridgehead atoms. The molecule has 6 nitrogen and oxygen atoms in total. The third-order valence-corrected chi connectivity index (χ3v) is 6.96.